The lowest BCUT2D eigenvalue weighted by Crippen LogP contribution is -2.47. The minimum Gasteiger partial charge on any atom is -0.361 e. The number of hydrogen-bond donors (Lipinski definition) is 1. The first-order chi connectivity index (χ1) is 16.1. The molecular weight excluding hydrogens is 434 g/mol. The second kappa shape index (κ2) is 9.60. The normalized spacial score (nSPS) is 15.9. The van der Waals surface area contributed by atoms with Crippen molar-refractivity contribution in [2.75, 3.05) is 13.1 Å². The maximum absolute atomic E-state index is 13.5. The van der Waals surface area contributed by atoms with Gasteiger partial charge in [0.15, 0.2) is 0 Å². The van der Waals surface area contributed by atoms with Crippen molar-refractivity contribution < 1.29 is 9.59 Å². The van der Waals surface area contributed by atoms with Crippen LogP contribution >= 0.6 is 11.6 Å². The van der Waals surface area contributed by atoms with Crippen LogP contribution in [0.2, 0.25) is 5.02 Å². The highest BCUT2D eigenvalue weighted by atomic mass is 35.5. The number of nitrogens with one attached hydrogen (secondary N) is 1. The number of carbonyl (C=O) groups excluding carboxylic acids is 2. The molecule has 2 amide bonds. The number of hydrogen-bond acceptors (Lipinski definition) is 2. The number of benzene rings is 2. The SMILES string of the molecule is O=C(CN(C(=O)C1CCC1)C1CC1)N(CCc1c[nH]c2ccccc12)Cc1ccc(Cl)cc1. The largest absolute Gasteiger partial charge is 0.361 e. The summed E-state index contributed by atoms with van der Waals surface area (Å²) in [5.74, 6) is 0.318. The van der Waals surface area contributed by atoms with Crippen LogP contribution in [-0.4, -0.2) is 45.7 Å². The van der Waals surface area contributed by atoms with E-state index in [9.17, 15) is 9.59 Å². The number of amides is 2. The minimum atomic E-state index is 0.0179. The van der Waals surface area contributed by atoms with Crippen molar-refractivity contribution >= 4 is 34.3 Å². The van der Waals surface area contributed by atoms with E-state index in [1.54, 1.807) is 0 Å². The monoisotopic (exact) mass is 463 g/mol. The molecule has 2 aromatic carbocycles. The Morgan fingerprint density at radius 1 is 1.00 bits per heavy atom. The molecule has 0 spiro atoms. The van der Waals surface area contributed by atoms with Gasteiger partial charge >= 0.3 is 0 Å². The summed E-state index contributed by atoms with van der Waals surface area (Å²) in [5, 5.41) is 1.87. The molecule has 33 heavy (non-hydrogen) atoms. The summed E-state index contributed by atoms with van der Waals surface area (Å²) in [6.45, 7) is 1.29. The molecule has 2 saturated carbocycles. The first-order valence-corrected chi connectivity index (χ1v) is 12.3. The lowest BCUT2D eigenvalue weighted by molar-refractivity contribution is -0.145. The number of nitrogens with zero attached hydrogens (tertiary/aromatic N) is 2. The Balaban J connectivity index is 1.32. The molecule has 0 unspecified atom stereocenters. The lowest BCUT2D eigenvalue weighted by atomic mass is 9.84. The number of aromatic amines is 1. The van der Waals surface area contributed by atoms with Crippen molar-refractivity contribution in [1.82, 2.24) is 14.8 Å². The van der Waals surface area contributed by atoms with Crippen molar-refractivity contribution in [1.29, 1.82) is 0 Å². The van der Waals surface area contributed by atoms with E-state index in [2.05, 4.69) is 17.1 Å². The van der Waals surface area contributed by atoms with Gasteiger partial charge in [0.1, 0.15) is 6.54 Å². The molecule has 1 aromatic heterocycles. The van der Waals surface area contributed by atoms with E-state index in [1.165, 1.54) is 10.9 Å². The maximum Gasteiger partial charge on any atom is 0.242 e. The number of aromatic nitrogens is 1. The van der Waals surface area contributed by atoms with Gasteiger partial charge in [-0.15, -0.1) is 0 Å². The zero-order valence-electron chi connectivity index (χ0n) is 18.8. The summed E-state index contributed by atoms with van der Waals surface area (Å²) < 4.78 is 0. The van der Waals surface area contributed by atoms with Crippen LogP contribution in [0.4, 0.5) is 0 Å². The van der Waals surface area contributed by atoms with Gasteiger partial charge in [0.25, 0.3) is 0 Å². The van der Waals surface area contributed by atoms with E-state index in [1.807, 2.05) is 52.4 Å². The molecule has 3 aromatic rings. The molecule has 2 fully saturated rings. The van der Waals surface area contributed by atoms with E-state index in [0.717, 1.165) is 49.6 Å². The molecule has 0 atom stereocenters. The van der Waals surface area contributed by atoms with Crippen molar-refractivity contribution in [3.63, 3.8) is 0 Å². The lowest BCUT2D eigenvalue weighted by Gasteiger charge is -2.33. The molecule has 0 bridgehead atoms. The molecule has 2 aliphatic carbocycles. The van der Waals surface area contributed by atoms with Gasteiger partial charge in [-0.3, -0.25) is 9.59 Å². The van der Waals surface area contributed by atoms with Crippen LogP contribution < -0.4 is 0 Å². The van der Waals surface area contributed by atoms with Gasteiger partial charge in [0.05, 0.1) is 0 Å². The number of rotatable bonds is 9. The summed E-state index contributed by atoms with van der Waals surface area (Å²) in [6, 6.07) is 16.1. The van der Waals surface area contributed by atoms with E-state index in [-0.39, 0.29) is 30.3 Å². The number of fused-ring (bicyclic) bond motifs is 1. The molecule has 2 aliphatic rings. The van der Waals surface area contributed by atoms with Gasteiger partial charge < -0.3 is 14.8 Å². The highest BCUT2D eigenvalue weighted by Gasteiger charge is 2.39. The van der Waals surface area contributed by atoms with Crippen LogP contribution in [0.3, 0.4) is 0 Å². The highest BCUT2D eigenvalue weighted by molar-refractivity contribution is 6.30. The third-order valence-corrected chi connectivity index (χ3v) is 7.25. The zero-order chi connectivity index (χ0) is 22.8. The quantitative estimate of drug-likeness (QED) is 0.475. The van der Waals surface area contributed by atoms with E-state index in [4.69, 9.17) is 11.6 Å². The van der Waals surface area contributed by atoms with E-state index < -0.39 is 0 Å². The van der Waals surface area contributed by atoms with Crippen LogP contribution in [0, 0.1) is 5.92 Å². The number of halogens is 1. The smallest absolute Gasteiger partial charge is 0.242 e. The summed E-state index contributed by atoms with van der Waals surface area (Å²) in [4.78, 5) is 33.6. The van der Waals surface area contributed by atoms with Crippen molar-refractivity contribution in [3.05, 3.63) is 70.9 Å². The Morgan fingerprint density at radius 2 is 1.76 bits per heavy atom. The predicted molar refractivity (Wildman–Crippen MR) is 131 cm³/mol. The first kappa shape index (κ1) is 22.0. The molecule has 172 valence electrons. The Morgan fingerprint density at radius 3 is 2.45 bits per heavy atom. The summed E-state index contributed by atoms with van der Waals surface area (Å²) >= 11 is 6.06. The summed E-state index contributed by atoms with van der Waals surface area (Å²) in [6.07, 6.45) is 7.86. The average Bonchev–Trinajstić information content (AvgIpc) is 3.54. The van der Waals surface area contributed by atoms with Crippen LogP contribution in [-0.2, 0) is 22.6 Å². The van der Waals surface area contributed by atoms with Crippen LogP contribution in [0.15, 0.2) is 54.7 Å². The van der Waals surface area contributed by atoms with Crippen molar-refractivity contribution in [2.24, 2.45) is 5.92 Å². The molecule has 1 N–H and O–H groups in total. The van der Waals surface area contributed by atoms with Gasteiger partial charge in [0.2, 0.25) is 11.8 Å². The Kier molecular flexibility index (Phi) is 6.41. The Bertz CT molecular complexity index is 1130. The molecule has 1 heterocycles. The van der Waals surface area contributed by atoms with Gasteiger partial charge in [-0.25, -0.2) is 0 Å². The second-order valence-corrected chi connectivity index (χ2v) is 9.81. The third kappa shape index (κ3) is 5.09. The van der Waals surface area contributed by atoms with Gasteiger partial charge in [-0.2, -0.15) is 0 Å². The molecule has 0 radical (unpaired) electrons. The van der Waals surface area contributed by atoms with Gasteiger partial charge in [0, 0.05) is 47.2 Å². The minimum absolute atomic E-state index is 0.0179. The third-order valence-electron chi connectivity index (χ3n) is 7.00. The van der Waals surface area contributed by atoms with Crippen molar-refractivity contribution in [2.45, 2.75) is 51.1 Å². The molecule has 5 nitrogen and oxygen atoms in total. The van der Waals surface area contributed by atoms with E-state index in [0.29, 0.717) is 18.1 Å². The highest BCUT2D eigenvalue weighted by Crippen LogP contribution is 2.34. The molecule has 0 saturated heterocycles. The zero-order valence-corrected chi connectivity index (χ0v) is 19.6. The average molecular weight is 464 g/mol. The number of H-pyrrole nitrogens is 1. The van der Waals surface area contributed by atoms with Crippen molar-refractivity contribution in [3.8, 4) is 0 Å². The molecular formula is C27H30ClN3O2. The Hall–Kier alpha value is -2.79. The summed E-state index contributed by atoms with van der Waals surface area (Å²) in [7, 11) is 0. The fraction of sp³-hybridized carbons (Fsp3) is 0.407. The van der Waals surface area contributed by atoms with Crippen LogP contribution in [0.1, 0.15) is 43.2 Å². The van der Waals surface area contributed by atoms with Gasteiger partial charge in [-0.1, -0.05) is 48.4 Å². The molecule has 5 rings (SSSR count). The van der Waals surface area contributed by atoms with Gasteiger partial charge in [-0.05, 0) is 61.4 Å². The van der Waals surface area contributed by atoms with E-state index >= 15 is 0 Å². The number of para-hydroxylation sites is 1. The Labute approximate surface area is 199 Å². The summed E-state index contributed by atoms with van der Waals surface area (Å²) in [5.41, 5.74) is 3.34. The van der Waals surface area contributed by atoms with Crippen LogP contribution in [0.5, 0.6) is 0 Å². The molecule has 6 heteroatoms. The first-order valence-electron chi connectivity index (χ1n) is 12.0. The standard InChI is InChI=1S/C27H30ClN3O2/c28-22-10-8-19(9-11-22)17-30(15-14-21-16-29-25-7-2-1-6-24(21)25)26(32)18-31(23-12-13-23)27(33)20-4-3-5-20/h1-2,6-11,16,20,23,29H,3-5,12-15,17-18H2. The second-order valence-electron chi connectivity index (χ2n) is 9.38. The number of carbonyl (C=O) groups is 2. The van der Waals surface area contributed by atoms with Crippen LogP contribution in [0.25, 0.3) is 10.9 Å². The fourth-order valence-corrected chi connectivity index (χ4v) is 4.73. The molecule has 0 aliphatic heterocycles. The topological polar surface area (TPSA) is 56.4 Å². The maximum atomic E-state index is 13.5. The predicted octanol–water partition coefficient (Wildman–Crippen LogP) is 5.18. The fourth-order valence-electron chi connectivity index (χ4n) is 4.60.